The number of likely N-dealkylation sites (tertiary alicyclic amines) is 1. The van der Waals surface area contributed by atoms with Crippen molar-refractivity contribution in [3.05, 3.63) is 29.3 Å². The average molecular weight is 373 g/mol. The van der Waals surface area contributed by atoms with Gasteiger partial charge in [-0.25, -0.2) is 0 Å². The van der Waals surface area contributed by atoms with Crippen molar-refractivity contribution in [2.45, 2.75) is 64.8 Å². The van der Waals surface area contributed by atoms with Crippen molar-refractivity contribution in [3.8, 4) is 5.75 Å². The van der Waals surface area contributed by atoms with E-state index in [4.69, 9.17) is 4.74 Å². The van der Waals surface area contributed by atoms with E-state index in [0.717, 1.165) is 55.4 Å². The van der Waals surface area contributed by atoms with E-state index in [1.807, 2.05) is 30.9 Å². The topological polar surface area (TPSA) is 58.6 Å². The number of nitrogens with zero attached hydrogens (tertiary/aromatic N) is 1. The smallest absolute Gasteiger partial charge is 0.242 e. The molecule has 1 aliphatic heterocycles. The molecular weight excluding hydrogens is 340 g/mol. The summed E-state index contributed by atoms with van der Waals surface area (Å²) in [7, 11) is 0. The zero-order valence-electron chi connectivity index (χ0n) is 16.6. The van der Waals surface area contributed by atoms with Gasteiger partial charge in [-0.15, -0.1) is 0 Å². The number of aryl methyl sites for hydroxylation is 2. The Hall–Kier alpha value is -2.04. The molecule has 148 valence electrons. The molecule has 5 nitrogen and oxygen atoms in total. The van der Waals surface area contributed by atoms with Crippen LogP contribution in [0.5, 0.6) is 5.75 Å². The van der Waals surface area contributed by atoms with Gasteiger partial charge in [-0.3, -0.25) is 9.59 Å². The van der Waals surface area contributed by atoms with Crippen LogP contribution in [0.1, 0.15) is 56.1 Å². The van der Waals surface area contributed by atoms with Gasteiger partial charge in [0.15, 0.2) is 0 Å². The first-order chi connectivity index (χ1) is 13.0. The quantitative estimate of drug-likeness (QED) is 0.779. The van der Waals surface area contributed by atoms with E-state index in [-0.39, 0.29) is 23.8 Å². The van der Waals surface area contributed by atoms with Gasteiger partial charge in [0, 0.05) is 12.5 Å². The summed E-state index contributed by atoms with van der Waals surface area (Å²) in [6, 6.07) is 5.79. The zero-order chi connectivity index (χ0) is 19.2. The third-order valence-electron chi connectivity index (χ3n) is 5.66. The lowest BCUT2D eigenvalue weighted by molar-refractivity contribution is -0.142. The summed E-state index contributed by atoms with van der Waals surface area (Å²) in [6.45, 7) is 5.68. The summed E-state index contributed by atoms with van der Waals surface area (Å²) in [4.78, 5) is 27.2. The van der Waals surface area contributed by atoms with E-state index in [9.17, 15) is 9.59 Å². The lowest BCUT2D eigenvalue weighted by Crippen LogP contribution is -2.48. The maximum Gasteiger partial charge on any atom is 0.242 e. The molecule has 1 saturated carbocycles. The molecule has 0 bridgehead atoms. The summed E-state index contributed by atoms with van der Waals surface area (Å²) in [6.07, 6.45) is 7.14. The number of hydrogen-bond acceptors (Lipinski definition) is 3. The van der Waals surface area contributed by atoms with Crippen molar-refractivity contribution in [1.82, 2.24) is 10.2 Å². The van der Waals surface area contributed by atoms with Gasteiger partial charge in [0.2, 0.25) is 11.8 Å². The molecule has 1 N–H and O–H groups in total. The first-order valence-electron chi connectivity index (χ1n) is 10.3. The van der Waals surface area contributed by atoms with Gasteiger partial charge in [0.05, 0.1) is 6.54 Å². The van der Waals surface area contributed by atoms with E-state index >= 15 is 0 Å². The highest BCUT2D eigenvalue weighted by atomic mass is 16.5. The van der Waals surface area contributed by atoms with Crippen LogP contribution < -0.4 is 10.1 Å². The summed E-state index contributed by atoms with van der Waals surface area (Å²) in [5, 5.41) is 2.95. The molecule has 5 heteroatoms. The fourth-order valence-corrected chi connectivity index (χ4v) is 4.36. The maximum absolute atomic E-state index is 12.8. The van der Waals surface area contributed by atoms with E-state index in [1.165, 1.54) is 6.42 Å². The molecule has 1 aromatic rings. The van der Waals surface area contributed by atoms with Gasteiger partial charge in [-0.2, -0.15) is 0 Å². The van der Waals surface area contributed by atoms with Crippen LogP contribution in [0.2, 0.25) is 0 Å². The molecule has 1 heterocycles. The minimum atomic E-state index is -0.305. The van der Waals surface area contributed by atoms with E-state index in [2.05, 4.69) is 11.4 Å². The molecule has 0 aromatic heterocycles. The number of rotatable bonds is 6. The third-order valence-corrected chi connectivity index (χ3v) is 5.66. The minimum Gasteiger partial charge on any atom is -0.492 e. The molecule has 2 amide bonds. The second kappa shape index (κ2) is 9.25. The lowest BCUT2D eigenvalue weighted by Gasteiger charge is -2.30. The molecule has 1 atom stereocenters. The second-order valence-electron chi connectivity index (χ2n) is 7.99. The van der Waals surface area contributed by atoms with Crippen molar-refractivity contribution in [2.24, 2.45) is 5.92 Å². The Bertz CT molecular complexity index is 647. The standard InChI is InChI=1S/C22H32N2O3/c1-16-13-17(2)15-19(14-16)27-12-10-23-21(25)20-9-6-11-24(20)22(26)18-7-4-3-5-8-18/h13-15,18,20H,3-12H2,1-2H3,(H,23,25). The van der Waals surface area contributed by atoms with E-state index in [0.29, 0.717) is 19.7 Å². The van der Waals surface area contributed by atoms with Crippen molar-refractivity contribution in [3.63, 3.8) is 0 Å². The molecule has 1 aliphatic carbocycles. The Kier molecular flexibility index (Phi) is 6.75. The van der Waals surface area contributed by atoms with Crippen LogP contribution in [0, 0.1) is 19.8 Å². The number of hydrogen-bond donors (Lipinski definition) is 1. The Morgan fingerprint density at radius 1 is 1.04 bits per heavy atom. The van der Waals surface area contributed by atoms with Crippen LogP contribution >= 0.6 is 0 Å². The highest BCUT2D eigenvalue weighted by Crippen LogP contribution is 2.28. The monoisotopic (exact) mass is 372 g/mol. The molecule has 1 aromatic carbocycles. The summed E-state index contributed by atoms with van der Waals surface area (Å²) < 4.78 is 5.75. The number of carbonyl (C=O) groups excluding carboxylic acids is 2. The Morgan fingerprint density at radius 3 is 2.44 bits per heavy atom. The summed E-state index contributed by atoms with van der Waals surface area (Å²) in [5.74, 6) is 1.11. The van der Waals surface area contributed by atoms with Crippen molar-refractivity contribution in [2.75, 3.05) is 19.7 Å². The van der Waals surface area contributed by atoms with Crippen LogP contribution in [-0.2, 0) is 9.59 Å². The van der Waals surface area contributed by atoms with Gasteiger partial charge >= 0.3 is 0 Å². The number of carbonyl (C=O) groups is 2. The van der Waals surface area contributed by atoms with Gasteiger partial charge in [0.25, 0.3) is 0 Å². The molecule has 1 unspecified atom stereocenters. The van der Waals surface area contributed by atoms with E-state index in [1.54, 1.807) is 0 Å². The number of amides is 2. The Balaban J connectivity index is 1.46. The van der Waals surface area contributed by atoms with Gasteiger partial charge < -0.3 is 15.0 Å². The fraction of sp³-hybridized carbons (Fsp3) is 0.636. The molecule has 2 fully saturated rings. The summed E-state index contributed by atoms with van der Waals surface area (Å²) >= 11 is 0. The van der Waals surface area contributed by atoms with Crippen LogP contribution in [0.3, 0.4) is 0 Å². The highest BCUT2D eigenvalue weighted by Gasteiger charge is 2.37. The molecule has 2 aliphatic rings. The normalized spacial score (nSPS) is 20.5. The largest absolute Gasteiger partial charge is 0.492 e. The molecule has 0 spiro atoms. The number of ether oxygens (including phenoxy) is 1. The molecular formula is C22H32N2O3. The predicted molar refractivity (Wildman–Crippen MR) is 106 cm³/mol. The van der Waals surface area contributed by atoms with Crippen LogP contribution in [0.4, 0.5) is 0 Å². The number of nitrogens with one attached hydrogen (secondary N) is 1. The fourth-order valence-electron chi connectivity index (χ4n) is 4.36. The second-order valence-corrected chi connectivity index (χ2v) is 7.99. The van der Waals surface area contributed by atoms with E-state index < -0.39 is 0 Å². The van der Waals surface area contributed by atoms with Gasteiger partial charge in [-0.1, -0.05) is 25.3 Å². The summed E-state index contributed by atoms with van der Waals surface area (Å²) in [5.41, 5.74) is 2.33. The molecule has 3 rings (SSSR count). The van der Waals surface area contributed by atoms with Crippen LogP contribution in [0.25, 0.3) is 0 Å². The Morgan fingerprint density at radius 2 is 1.74 bits per heavy atom. The van der Waals surface area contributed by atoms with Gasteiger partial charge in [-0.05, 0) is 62.8 Å². The molecule has 27 heavy (non-hydrogen) atoms. The third kappa shape index (κ3) is 5.24. The highest BCUT2D eigenvalue weighted by molar-refractivity contribution is 5.89. The van der Waals surface area contributed by atoms with Crippen molar-refractivity contribution >= 4 is 11.8 Å². The maximum atomic E-state index is 12.8. The molecule has 0 radical (unpaired) electrons. The molecule has 1 saturated heterocycles. The Labute approximate surface area is 162 Å². The van der Waals surface area contributed by atoms with Crippen LogP contribution in [-0.4, -0.2) is 42.5 Å². The van der Waals surface area contributed by atoms with Crippen molar-refractivity contribution in [1.29, 1.82) is 0 Å². The number of benzene rings is 1. The van der Waals surface area contributed by atoms with Crippen LogP contribution in [0.15, 0.2) is 18.2 Å². The predicted octanol–water partition coefficient (Wildman–Crippen LogP) is 3.37. The first-order valence-corrected chi connectivity index (χ1v) is 10.3. The lowest BCUT2D eigenvalue weighted by atomic mass is 9.88. The van der Waals surface area contributed by atoms with Crippen molar-refractivity contribution < 1.29 is 14.3 Å². The van der Waals surface area contributed by atoms with Gasteiger partial charge in [0.1, 0.15) is 18.4 Å². The first kappa shape index (κ1) is 19.7. The minimum absolute atomic E-state index is 0.0410. The average Bonchev–Trinajstić information content (AvgIpc) is 3.14. The SMILES string of the molecule is Cc1cc(C)cc(OCCNC(=O)C2CCCN2C(=O)C2CCCCC2)c1. The zero-order valence-corrected chi connectivity index (χ0v) is 16.6.